The summed E-state index contributed by atoms with van der Waals surface area (Å²) in [6, 6.07) is 8.40. The summed E-state index contributed by atoms with van der Waals surface area (Å²) in [4.78, 5) is 2.41. The average molecular weight is 288 g/mol. The second kappa shape index (κ2) is 7.91. The van der Waals surface area contributed by atoms with E-state index in [2.05, 4.69) is 41.8 Å². The molecular weight excluding hydrogens is 272 g/mol. The molecule has 0 N–H and O–H groups in total. The molecule has 0 bridgehead atoms. The van der Waals surface area contributed by atoms with Crippen LogP contribution in [0.4, 0.5) is 0 Å². The van der Waals surface area contributed by atoms with Gasteiger partial charge in [0.15, 0.2) is 0 Å². The summed E-state index contributed by atoms with van der Waals surface area (Å²) in [5.41, 5.74) is 2.40. The largest absolute Gasteiger partial charge is 1.00 e. The van der Waals surface area contributed by atoms with Crippen LogP contribution in [0, 0.1) is 6.08 Å². The van der Waals surface area contributed by atoms with Gasteiger partial charge in [0, 0.05) is 19.6 Å². The summed E-state index contributed by atoms with van der Waals surface area (Å²) in [6.45, 7) is 8.43. The second-order valence-electron chi connectivity index (χ2n) is 3.76. The van der Waals surface area contributed by atoms with E-state index in [1.807, 2.05) is 0 Å². The minimum Gasteiger partial charge on any atom is -0.379 e. The Kier molecular flexibility index (Phi) is 7.29. The van der Waals surface area contributed by atoms with Gasteiger partial charge in [0.05, 0.1) is 13.2 Å². The third-order valence-corrected chi connectivity index (χ3v) is 2.67. The molecule has 1 aliphatic rings. The molecule has 0 spiro atoms. The zero-order valence-electron chi connectivity index (χ0n) is 9.91. The van der Waals surface area contributed by atoms with E-state index in [-0.39, 0.29) is 58.2 Å². The van der Waals surface area contributed by atoms with Gasteiger partial charge in [-0.2, -0.15) is 30.4 Å². The fourth-order valence-corrected chi connectivity index (χ4v) is 1.75. The van der Waals surface area contributed by atoms with Crippen LogP contribution in [-0.4, -0.2) is 31.2 Å². The molecule has 0 unspecified atom stereocenters. The van der Waals surface area contributed by atoms with Crippen molar-refractivity contribution in [2.24, 2.45) is 0 Å². The summed E-state index contributed by atoms with van der Waals surface area (Å²) in [5, 5.41) is 0. The first-order valence-corrected chi connectivity index (χ1v) is 5.30. The number of rotatable bonds is 3. The van der Waals surface area contributed by atoms with Gasteiger partial charge in [0.2, 0.25) is 0 Å². The number of ether oxygens (including phenoxy) is 1. The summed E-state index contributed by atoms with van der Waals surface area (Å²) in [7, 11) is 0. The smallest absolute Gasteiger partial charge is 0.379 e. The minimum atomic E-state index is 0. The van der Waals surface area contributed by atoms with E-state index in [1.165, 1.54) is 5.56 Å². The third-order valence-electron chi connectivity index (χ3n) is 2.67. The Hall–Kier alpha value is 0.685. The van der Waals surface area contributed by atoms with Crippen molar-refractivity contribution in [2.75, 3.05) is 26.3 Å². The topological polar surface area (TPSA) is 12.5 Å². The molecule has 0 aliphatic carbocycles. The third kappa shape index (κ3) is 4.51. The van der Waals surface area contributed by atoms with E-state index in [0.29, 0.717) is 0 Å². The minimum absolute atomic E-state index is 0. The van der Waals surface area contributed by atoms with Gasteiger partial charge in [-0.05, 0) is 0 Å². The van der Waals surface area contributed by atoms with E-state index in [0.717, 1.165) is 38.4 Å². The van der Waals surface area contributed by atoms with Crippen LogP contribution in [0.25, 0.3) is 0 Å². The molecule has 0 atom stereocenters. The van der Waals surface area contributed by atoms with E-state index < -0.39 is 0 Å². The van der Waals surface area contributed by atoms with Crippen LogP contribution in [0.5, 0.6) is 0 Å². The van der Waals surface area contributed by atoms with Crippen LogP contribution >= 0.6 is 0 Å². The quantitative estimate of drug-likeness (QED) is 0.652. The van der Waals surface area contributed by atoms with Crippen molar-refractivity contribution >= 4 is 0 Å². The molecule has 1 aromatic rings. The van der Waals surface area contributed by atoms with Crippen molar-refractivity contribution in [3.8, 4) is 0 Å². The Labute approximate surface area is 146 Å². The van der Waals surface area contributed by atoms with E-state index in [4.69, 9.17) is 4.74 Å². The van der Waals surface area contributed by atoms with Crippen molar-refractivity contribution in [3.63, 3.8) is 0 Å². The Morgan fingerprint density at radius 2 is 1.81 bits per heavy atom. The molecule has 16 heavy (non-hydrogen) atoms. The molecule has 0 amide bonds. The summed E-state index contributed by atoms with van der Waals surface area (Å²) in [5.74, 6) is 0. The Bertz CT molecular complexity index is 317. The van der Waals surface area contributed by atoms with Gasteiger partial charge in [-0.25, -0.2) is 0 Å². The number of hydrogen-bond acceptors (Lipinski definition) is 2. The molecule has 80 valence electrons. The number of nitrogens with zero attached hydrogens (tertiary/aromatic N) is 1. The van der Waals surface area contributed by atoms with Gasteiger partial charge in [0.1, 0.15) is 0 Å². The van der Waals surface area contributed by atoms with Crippen LogP contribution in [0.3, 0.4) is 0 Å². The number of hydrogen-bond donors (Lipinski definition) is 0. The monoisotopic (exact) mass is 287 g/mol. The van der Waals surface area contributed by atoms with Gasteiger partial charge in [0.25, 0.3) is 0 Å². The molecule has 2 rings (SSSR count). The molecule has 0 aromatic heterocycles. The van der Waals surface area contributed by atoms with Crippen LogP contribution < -0.4 is 58.2 Å². The average Bonchev–Trinajstić information content (AvgIpc) is 2.31. The maximum absolute atomic E-state index is 5.31. The normalized spacial score (nSPS) is 16.5. The molecule has 2 nitrogen and oxygen atoms in total. The van der Waals surface area contributed by atoms with Crippen LogP contribution in [0.15, 0.2) is 30.8 Å². The fourth-order valence-electron chi connectivity index (χ4n) is 1.75. The predicted molar refractivity (Wildman–Crippen MR) is 60.5 cm³/mol. The van der Waals surface area contributed by atoms with E-state index in [9.17, 15) is 0 Å². The van der Waals surface area contributed by atoms with Crippen LogP contribution in [-0.2, 0) is 11.3 Å². The Morgan fingerprint density at radius 1 is 1.19 bits per heavy atom. The first kappa shape index (κ1) is 14.7. The van der Waals surface area contributed by atoms with Gasteiger partial charge in [-0.15, -0.1) is 12.1 Å². The van der Waals surface area contributed by atoms with Crippen molar-refractivity contribution in [2.45, 2.75) is 6.54 Å². The van der Waals surface area contributed by atoms with E-state index >= 15 is 0 Å². The van der Waals surface area contributed by atoms with Gasteiger partial charge < -0.3 is 4.74 Å². The van der Waals surface area contributed by atoms with Crippen molar-refractivity contribution in [1.29, 1.82) is 0 Å². The molecule has 1 aliphatic heterocycles. The SMILES string of the molecule is C=[C-]c1ccc(CN2CCOCC2)cc1.[Rb+]. The predicted octanol–water partition coefficient (Wildman–Crippen LogP) is -1.14. The van der Waals surface area contributed by atoms with Crippen molar-refractivity contribution in [3.05, 3.63) is 48.0 Å². The molecule has 0 saturated carbocycles. The van der Waals surface area contributed by atoms with E-state index in [1.54, 1.807) is 0 Å². The zero-order chi connectivity index (χ0) is 10.5. The molecular formula is C13H16NORb. The second-order valence-corrected chi connectivity index (χ2v) is 3.76. The number of benzene rings is 1. The van der Waals surface area contributed by atoms with Gasteiger partial charge in [-0.1, -0.05) is 5.56 Å². The molecule has 1 aromatic carbocycles. The molecule has 3 heteroatoms. The molecule has 1 saturated heterocycles. The Morgan fingerprint density at radius 3 is 2.38 bits per heavy atom. The maximum Gasteiger partial charge on any atom is 1.00 e. The van der Waals surface area contributed by atoms with Crippen LogP contribution in [0.1, 0.15) is 11.1 Å². The van der Waals surface area contributed by atoms with Crippen molar-refractivity contribution in [1.82, 2.24) is 4.90 Å². The molecule has 1 heterocycles. The Balaban J connectivity index is 0.00000128. The van der Waals surface area contributed by atoms with Crippen LogP contribution in [0.2, 0.25) is 0 Å². The molecule has 0 radical (unpaired) electrons. The first-order chi connectivity index (χ1) is 7.38. The fraction of sp³-hybridized carbons (Fsp3) is 0.385. The zero-order valence-corrected chi connectivity index (χ0v) is 14.8. The summed E-state index contributed by atoms with van der Waals surface area (Å²) >= 11 is 0. The van der Waals surface area contributed by atoms with Gasteiger partial charge >= 0.3 is 58.2 Å². The number of morpholine rings is 1. The van der Waals surface area contributed by atoms with Gasteiger partial charge in [-0.3, -0.25) is 4.90 Å². The molecule has 1 fully saturated rings. The van der Waals surface area contributed by atoms with Crippen molar-refractivity contribution < 1.29 is 62.9 Å². The first-order valence-electron chi connectivity index (χ1n) is 5.30. The summed E-state index contributed by atoms with van der Waals surface area (Å²) in [6.07, 6.45) is 2.87. The summed E-state index contributed by atoms with van der Waals surface area (Å²) < 4.78 is 5.31. The standard InChI is InChI=1S/C13H16NO.Rb/c1-2-12-3-5-13(6-4-12)11-14-7-9-15-10-8-14;/h3-6H,1,7-11H2;/q-1;+1. The maximum atomic E-state index is 5.31.